The maximum Gasteiger partial charge on any atom is 0.285 e. The number of rotatable bonds is 3. The molecule has 0 bridgehead atoms. The van der Waals surface area contributed by atoms with Crippen LogP contribution in [0.5, 0.6) is 0 Å². The molecule has 0 fully saturated rings. The molecule has 0 aliphatic carbocycles. The number of carbonyl (C=O) groups is 3. The Morgan fingerprint density at radius 1 is 0.810 bits per heavy atom. The molecule has 1 rings (SSSR count). The normalized spacial score (nSPS) is 10.1. The van der Waals surface area contributed by atoms with Crippen molar-refractivity contribution in [3.63, 3.8) is 0 Å². The van der Waals surface area contributed by atoms with Gasteiger partial charge in [0.25, 0.3) is 10.5 Å². The van der Waals surface area contributed by atoms with Crippen molar-refractivity contribution in [3.8, 4) is 0 Å². The van der Waals surface area contributed by atoms with Crippen LogP contribution in [0.3, 0.4) is 0 Å². The van der Waals surface area contributed by atoms with Crippen LogP contribution >= 0.6 is 23.5 Å². The van der Waals surface area contributed by atoms with Crippen molar-refractivity contribution in [1.82, 2.24) is 9.80 Å². The lowest BCUT2D eigenvalue weighted by atomic mass is 10.1. The monoisotopic (exact) mass is 326 g/mol. The molecule has 0 radical (unpaired) electrons. The van der Waals surface area contributed by atoms with Crippen molar-refractivity contribution >= 4 is 39.8 Å². The molecule has 1 aromatic carbocycles. The Morgan fingerprint density at radius 3 is 1.48 bits per heavy atom. The second-order valence-corrected chi connectivity index (χ2v) is 6.82. The van der Waals surface area contributed by atoms with Crippen molar-refractivity contribution in [3.05, 3.63) is 23.8 Å². The van der Waals surface area contributed by atoms with E-state index in [-0.39, 0.29) is 16.3 Å². The van der Waals surface area contributed by atoms with E-state index in [0.717, 1.165) is 23.5 Å². The van der Waals surface area contributed by atoms with Crippen LogP contribution in [0.25, 0.3) is 0 Å². The number of Topliss-reactive ketones (excluding diaryl/α,β-unsaturated/α-hetero) is 1. The number of hydrogen-bond acceptors (Lipinski definition) is 5. The number of ketones is 1. The lowest BCUT2D eigenvalue weighted by Crippen LogP contribution is -2.16. The molecule has 1 aromatic rings. The van der Waals surface area contributed by atoms with Crippen LogP contribution in [0, 0.1) is 0 Å². The average molecular weight is 326 g/mol. The largest absolute Gasteiger partial charge is 0.339 e. The van der Waals surface area contributed by atoms with Gasteiger partial charge in [-0.25, -0.2) is 0 Å². The van der Waals surface area contributed by atoms with E-state index >= 15 is 0 Å². The number of thioether (sulfide) groups is 2. The highest BCUT2D eigenvalue weighted by Gasteiger charge is 2.13. The second kappa shape index (κ2) is 7.51. The van der Waals surface area contributed by atoms with E-state index in [1.807, 2.05) is 0 Å². The lowest BCUT2D eigenvalue weighted by Gasteiger charge is -2.12. The lowest BCUT2D eigenvalue weighted by molar-refractivity contribution is 0.101. The molecule has 0 saturated heterocycles. The molecule has 21 heavy (non-hydrogen) atoms. The van der Waals surface area contributed by atoms with Gasteiger partial charge in [0.2, 0.25) is 0 Å². The van der Waals surface area contributed by atoms with Gasteiger partial charge in [-0.05, 0) is 48.6 Å². The van der Waals surface area contributed by atoms with Gasteiger partial charge < -0.3 is 9.80 Å². The molecule has 5 nitrogen and oxygen atoms in total. The summed E-state index contributed by atoms with van der Waals surface area (Å²) in [5.41, 5.74) is 0.487. The highest BCUT2D eigenvalue weighted by atomic mass is 32.2. The van der Waals surface area contributed by atoms with E-state index in [1.54, 1.807) is 46.4 Å². The molecule has 0 aromatic heterocycles. The second-order valence-electron chi connectivity index (χ2n) is 4.77. The maximum atomic E-state index is 11.8. The standard InChI is InChI=1S/C14H18N2O3S2/c1-9(17)10-6-11(20-13(18)15(2)3)8-12(7-10)21-14(19)16(4)5/h6-8H,1-5H3. The first-order valence-electron chi connectivity index (χ1n) is 6.15. The van der Waals surface area contributed by atoms with Crippen LogP contribution in [0.15, 0.2) is 28.0 Å². The fourth-order valence-electron chi connectivity index (χ4n) is 1.28. The molecule has 0 spiro atoms. The number of amides is 2. The van der Waals surface area contributed by atoms with Crippen LogP contribution in [-0.4, -0.2) is 54.3 Å². The molecular formula is C14H18N2O3S2. The zero-order chi connectivity index (χ0) is 16.2. The zero-order valence-electron chi connectivity index (χ0n) is 12.7. The van der Waals surface area contributed by atoms with E-state index in [0.29, 0.717) is 15.4 Å². The van der Waals surface area contributed by atoms with Crippen LogP contribution in [0.1, 0.15) is 17.3 Å². The first kappa shape index (κ1) is 17.6. The van der Waals surface area contributed by atoms with Gasteiger partial charge in [0, 0.05) is 43.5 Å². The molecule has 0 heterocycles. The van der Waals surface area contributed by atoms with Gasteiger partial charge in [0.1, 0.15) is 0 Å². The highest BCUT2D eigenvalue weighted by molar-refractivity contribution is 8.14. The number of benzene rings is 1. The molecule has 0 aliphatic rings. The van der Waals surface area contributed by atoms with E-state index in [4.69, 9.17) is 0 Å². The van der Waals surface area contributed by atoms with Crippen LogP contribution in [0.4, 0.5) is 9.59 Å². The van der Waals surface area contributed by atoms with E-state index < -0.39 is 0 Å². The molecule has 0 atom stereocenters. The number of carbonyl (C=O) groups excluding carboxylic acids is 3. The van der Waals surface area contributed by atoms with Crippen molar-refractivity contribution in [2.24, 2.45) is 0 Å². The van der Waals surface area contributed by atoms with E-state index in [2.05, 4.69) is 0 Å². The molecular weight excluding hydrogens is 308 g/mol. The van der Waals surface area contributed by atoms with E-state index in [9.17, 15) is 14.4 Å². The molecule has 114 valence electrons. The Morgan fingerprint density at radius 2 is 1.19 bits per heavy atom. The predicted molar refractivity (Wildman–Crippen MR) is 86.3 cm³/mol. The Bertz CT molecular complexity index is 531. The molecule has 0 N–H and O–H groups in total. The number of hydrogen-bond donors (Lipinski definition) is 0. The summed E-state index contributed by atoms with van der Waals surface area (Å²) in [6, 6.07) is 5.07. The quantitative estimate of drug-likeness (QED) is 0.629. The van der Waals surface area contributed by atoms with Crippen molar-refractivity contribution in [2.75, 3.05) is 28.2 Å². The Labute approximate surface area is 133 Å². The third-order valence-electron chi connectivity index (χ3n) is 2.43. The van der Waals surface area contributed by atoms with Gasteiger partial charge >= 0.3 is 0 Å². The Kier molecular flexibility index (Phi) is 6.29. The Balaban J connectivity index is 3.08. The zero-order valence-corrected chi connectivity index (χ0v) is 14.3. The maximum absolute atomic E-state index is 11.8. The summed E-state index contributed by atoms with van der Waals surface area (Å²) in [7, 11) is 6.65. The van der Waals surface area contributed by atoms with Gasteiger partial charge in [-0.2, -0.15) is 0 Å². The van der Waals surface area contributed by atoms with Gasteiger partial charge in [-0.3, -0.25) is 14.4 Å². The van der Waals surface area contributed by atoms with Gasteiger partial charge in [0.15, 0.2) is 5.78 Å². The summed E-state index contributed by atoms with van der Waals surface area (Å²) < 4.78 is 0. The van der Waals surface area contributed by atoms with Gasteiger partial charge in [-0.15, -0.1) is 0 Å². The molecule has 0 saturated carbocycles. The Hall–Kier alpha value is -1.47. The van der Waals surface area contributed by atoms with Crippen LogP contribution in [-0.2, 0) is 0 Å². The third-order valence-corrected chi connectivity index (χ3v) is 4.45. The van der Waals surface area contributed by atoms with Crippen molar-refractivity contribution in [1.29, 1.82) is 0 Å². The van der Waals surface area contributed by atoms with Crippen LogP contribution < -0.4 is 0 Å². The summed E-state index contributed by atoms with van der Waals surface area (Å²) >= 11 is 2.06. The summed E-state index contributed by atoms with van der Waals surface area (Å²) in [5, 5.41) is -0.267. The van der Waals surface area contributed by atoms with E-state index in [1.165, 1.54) is 16.7 Å². The fraction of sp³-hybridized carbons (Fsp3) is 0.357. The summed E-state index contributed by atoms with van der Waals surface area (Å²) in [5.74, 6) is -0.103. The summed E-state index contributed by atoms with van der Waals surface area (Å²) in [6.45, 7) is 1.46. The fourth-order valence-corrected chi connectivity index (χ4v) is 2.86. The third kappa shape index (κ3) is 5.43. The molecule has 7 heteroatoms. The average Bonchev–Trinajstić information content (AvgIpc) is 2.37. The SMILES string of the molecule is CC(=O)c1cc(SC(=O)N(C)C)cc(SC(=O)N(C)C)c1. The minimum Gasteiger partial charge on any atom is -0.339 e. The predicted octanol–water partition coefficient (Wildman–Crippen LogP) is 3.44. The summed E-state index contributed by atoms with van der Waals surface area (Å²) in [6.07, 6.45) is 0. The van der Waals surface area contributed by atoms with Crippen molar-refractivity contribution in [2.45, 2.75) is 16.7 Å². The topological polar surface area (TPSA) is 57.7 Å². The summed E-state index contributed by atoms with van der Waals surface area (Å²) in [4.78, 5) is 39.3. The van der Waals surface area contributed by atoms with Crippen molar-refractivity contribution < 1.29 is 14.4 Å². The number of nitrogens with zero attached hydrogens (tertiary/aromatic N) is 2. The minimum absolute atomic E-state index is 0.103. The van der Waals surface area contributed by atoms with Gasteiger partial charge in [-0.1, -0.05) is 0 Å². The molecule has 2 amide bonds. The van der Waals surface area contributed by atoms with Gasteiger partial charge in [0.05, 0.1) is 0 Å². The first-order chi connectivity index (χ1) is 9.70. The first-order valence-corrected chi connectivity index (χ1v) is 7.78. The molecule has 0 aliphatic heterocycles. The van der Waals surface area contributed by atoms with Crippen LogP contribution in [0.2, 0.25) is 0 Å². The minimum atomic E-state index is -0.134. The smallest absolute Gasteiger partial charge is 0.285 e. The highest BCUT2D eigenvalue weighted by Crippen LogP contribution is 2.29. The molecule has 0 unspecified atom stereocenters.